The molecule has 0 spiro atoms. The zero-order valence-corrected chi connectivity index (χ0v) is 16.2. The van der Waals surface area contributed by atoms with Gasteiger partial charge in [0.2, 0.25) is 5.91 Å². The average Bonchev–Trinajstić information content (AvgIpc) is 2.49. The third-order valence-corrected chi connectivity index (χ3v) is 5.07. The number of rotatable bonds is 6. The van der Waals surface area contributed by atoms with Gasteiger partial charge in [0.25, 0.3) is 0 Å². The molecule has 132 valence electrons. The molecular weight excluding hydrogens is 274 g/mol. The molecule has 0 aliphatic carbocycles. The molecule has 1 aliphatic heterocycles. The molecule has 3 heteroatoms. The van der Waals surface area contributed by atoms with E-state index in [1.807, 2.05) is 13.8 Å². The minimum Gasteiger partial charge on any atom is -0.381 e. The number of carbonyl (C=O) groups excluding carboxylic acids is 1. The van der Waals surface area contributed by atoms with Crippen molar-refractivity contribution in [2.24, 2.45) is 17.3 Å². The summed E-state index contributed by atoms with van der Waals surface area (Å²) in [6.45, 7) is 19.5. The molecule has 0 saturated carbocycles. The first-order valence-corrected chi connectivity index (χ1v) is 9.25. The maximum Gasteiger partial charge on any atom is 0.226 e. The van der Waals surface area contributed by atoms with Crippen LogP contribution in [0.4, 0.5) is 0 Å². The highest BCUT2D eigenvalue weighted by molar-refractivity contribution is 5.80. The van der Waals surface area contributed by atoms with Gasteiger partial charge in [0, 0.05) is 31.7 Å². The average molecular weight is 314 g/mol. The van der Waals surface area contributed by atoms with Crippen molar-refractivity contribution < 1.29 is 9.53 Å². The Bertz CT molecular complexity index is 309. The van der Waals surface area contributed by atoms with Gasteiger partial charge in [0.1, 0.15) is 0 Å². The summed E-state index contributed by atoms with van der Waals surface area (Å²) in [5.41, 5.74) is 0.0877. The molecule has 2 unspecified atom stereocenters. The van der Waals surface area contributed by atoms with E-state index in [4.69, 9.17) is 4.74 Å². The van der Waals surface area contributed by atoms with Crippen LogP contribution in [-0.2, 0) is 9.53 Å². The van der Waals surface area contributed by atoms with Crippen LogP contribution >= 0.6 is 0 Å². The van der Waals surface area contributed by atoms with Crippen molar-refractivity contribution in [2.45, 2.75) is 80.7 Å². The van der Waals surface area contributed by atoms with E-state index in [-0.39, 0.29) is 11.3 Å². The van der Waals surface area contributed by atoms with Crippen LogP contribution in [0.25, 0.3) is 0 Å². The summed E-state index contributed by atoms with van der Waals surface area (Å²) in [5, 5.41) is 0. The molecule has 0 N–H and O–H groups in total. The zero-order chi connectivity index (χ0) is 17.3. The number of nitrogens with zero attached hydrogens (tertiary/aromatic N) is 1. The van der Waals surface area contributed by atoms with E-state index in [1.54, 1.807) is 0 Å². The van der Waals surface area contributed by atoms with Crippen LogP contribution < -0.4 is 0 Å². The van der Waals surface area contributed by atoms with Gasteiger partial charge in [0.05, 0.1) is 0 Å². The zero-order valence-electron chi connectivity index (χ0n) is 16.2. The molecule has 1 fully saturated rings. The van der Waals surface area contributed by atoms with Crippen LogP contribution in [0.3, 0.4) is 0 Å². The number of amides is 1. The number of hydrogen-bond donors (Lipinski definition) is 0. The van der Waals surface area contributed by atoms with Gasteiger partial charge >= 0.3 is 0 Å². The Morgan fingerprint density at radius 3 is 2.00 bits per heavy atom. The Kier molecular flexibility index (Phi) is 9.99. The number of hydrogen-bond acceptors (Lipinski definition) is 2. The second kappa shape index (κ2) is 10.3. The molecule has 0 aromatic carbocycles. The lowest BCUT2D eigenvalue weighted by atomic mass is 9.66. The normalized spacial score (nSPS) is 19.9. The van der Waals surface area contributed by atoms with Gasteiger partial charge in [-0.05, 0) is 44.4 Å². The lowest BCUT2D eigenvalue weighted by Gasteiger charge is -2.44. The standard InChI is InChI=1S/C17H33NO2.C2H6/c1-7-14(5)18(8-2)16(19)15(13(3)4)17(6)9-11-20-12-10-17;1-2/h13-15H,7-12H2,1-6H3;1-2H3. The van der Waals surface area contributed by atoms with Gasteiger partial charge in [-0.3, -0.25) is 4.79 Å². The second-order valence-electron chi connectivity index (χ2n) is 6.87. The predicted molar refractivity (Wildman–Crippen MR) is 95.0 cm³/mol. The summed E-state index contributed by atoms with van der Waals surface area (Å²) in [7, 11) is 0. The summed E-state index contributed by atoms with van der Waals surface area (Å²) in [6, 6.07) is 0.331. The van der Waals surface area contributed by atoms with E-state index < -0.39 is 0 Å². The third kappa shape index (κ3) is 5.26. The first-order chi connectivity index (χ1) is 10.4. The lowest BCUT2D eigenvalue weighted by Crippen LogP contribution is -2.50. The number of ether oxygens (including phenoxy) is 1. The van der Waals surface area contributed by atoms with Crippen molar-refractivity contribution in [2.75, 3.05) is 19.8 Å². The van der Waals surface area contributed by atoms with E-state index in [9.17, 15) is 4.79 Å². The summed E-state index contributed by atoms with van der Waals surface area (Å²) < 4.78 is 5.51. The predicted octanol–water partition coefficient (Wildman–Crippen LogP) is 4.75. The van der Waals surface area contributed by atoms with Crippen LogP contribution in [0, 0.1) is 17.3 Å². The molecular formula is C19H39NO2. The highest BCUT2D eigenvalue weighted by Crippen LogP contribution is 2.42. The van der Waals surface area contributed by atoms with E-state index in [1.165, 1.54) is 0 Å². The maximum absolute atomic E-state index is 13.1. The maximum atomic E-state index is 13.1. The van der Waals surface area contributed by atoms with E-state index in [0.29, 0.717) is 17.9 Å². The van der Waals surface area contributed by atoms with Gasteiger partial charge in [0.15, 0.2) is 0 Å². The summed E-state index contributed by atoms with van der Waals surface area (Å²) >= 11 is 0. The summed E-state index contributed by atoms with van der Waals surface area (Å²) in [5.74, 6) is 0.838. The molecule has 1 aliphatic rings. The fraction of sp³-hybridized carbons (Fsp3) is 0.947. The molecule has 3 nitrogen and oxygen atoms in total. The SMILES string of the molecule is CC.CCC(C)N(CC)C(=O)C(C(C)C)C1(C)CCOCC1. The van der Waals surface area contributed by atoms with Gasteiger partial charge in [-0.25, -0.2) is 0 Å². The first-order valence-electron chi connectivity index (χ1n) is 9.25. The van der Waals surface area contributed by atoms with Gasteiger partial charge in [-0.15, -0.1) is 0 Å². The molecule has 0 aromatic rings. The van der Waals surface area contributed by atoms with E-state index in [2.05, 4.69) is 46.4 Å². The minimum atomic E-state index is 0.0877. The highest BCUT2D eigenvalue weighted by atomic mass is 16.5. The Morgan fingerprint density at radius 2 is 1.64 bits per heavy atom. The van der Waals surface area contributed by atoms with Crippen LogP contribution in [-0.4, -0.2) is 36.6 Å². The fourth-order valence-corrected chi connectivity index (χ4v) is 3.62. The van der Waals surface area contributed by atoms with Crippen molar-refractivity contribution in [3.05, 3.63) is 0 Å². The van der Waals surface area contributed by atoms with Gasteiger partial charge < -0.3 is 9.64 Å². The van der Waals surface area contributed by atoms with Crippen molar-refractivity contribution in [3.8, 4) is 0 Å². The number of carbonyl (C=O) groups is 1. The topological polar surface area (TPSA) is 29.5 Å². The minimum absolute atomic E-state index is 0.0877. The molecule has 1 heterocycles. The van der Waals surface area contributed by atoms with Crippen molar-refractivity contribution >= 4 is 5.91 Å². The van der Waals surface area contributed by atoms with Gasteiger partial charge in [-0.1, -0.05) is 41.5 Å². The molecule has 0 aromatic heterocycles. The van der Waals surface area contributed by atoms with Crippen molar-refractivity contribution in [3.63, 3.8) is 0 Å². The molecule has 1 rings (SSSR count). The Labute approximate surface area is 138 Å². The molecule has 1 amide bonds. The van der Waals surface area contributed by atoms with Crippen molar-refractivity contribution in [1.82, 2.24) is 4.90 Å². The van der Waals surface area contributed by atoms with Crippen LogP contribution in [0.2, 0.25) is 0 Å². The monoisotopic (exact) mass is 313 g/mol. The largest absolute Gasteiger partial charge is 0.381 e. The fourth-order valence-electron chi connectivity index (χ4n) is 3.62. The quantitative estimate of drug-likeness (QED) is 0.708. The van der Waals surface area contributed by atoms with Gasteiger partial charge in [-0.2, -0.15) is 0 Å². The Balaban J connectivity index is 0.00000211. The summed E-state index contributed by atoms with van der Waals surface area (Å²) in [4.78, 5) is 15.2. The molecule has 1 saturated heterocycles. The molecule has 22 heavy (non-hydrogen) atoms. The second-order valence-corrected chi connectivity index (χ2v) is 6.87. The van der Waals surface area contributed by atoms with E-state index in [0.717, 1.165) is 39.0 Å². The summed E-state index contributed by atoms with van der Waals surface area (Å²) in [6.07, 6.45) is 3.02. The highest BCUT2D eigenvalue weighted by Gasteiger charge is 2.43. The van der Waals surface area contributed by atoms with Crippen LogP contribution in [0.15, 0.2) is 0 Å². The third-order valence-electron chi connectivity index (χ3n) is 5.07. The van der Waals surface area contributed by atoms with E-state index >= 15 is 0 Å². The van der Waals surface area contributed by atoms with Crippen LogP contribution in [0.1, 0.15) is 74.7 Å². The van der Waals surface area contributed by atoms with Crippen molar-refractivity contribution in [1.29, 1.82) is 0 Å². The molecule has 0 radical (unpaired) electrons. The van der Waals surface area contributed by atoms with Crippen LogP contribution in [0.5, 0.6) is 0 Å². The molecule has 0 bridgehead atoms. The Hall–Kier alpha value is -0.570. The smallest absolute Gasteiger partial charge is 0.226 e. The molecule has 2 atom stereocenters. The lowest BCUT2D eigenvalue weighted by molar-refractivity contribution is -0.147. The first kappa shape index (κ1) is 21.4. The Morgan fingerprint density at radius 1 is 1.14 bits per heavy atom.